The van der Waals surface area contributed by atoms with Crippen molar-refractivity contribution in [2.75, 3.05) is 45.9 Å². The van der Waals surface area contributed by atoms with Crippen molar-refractivity contribution in [1.29, 1.82) is 0 Å². The highest BCUT2D eigenvalue weighted by molar-refractivity contribution is 5.85. The van der Waals surface area contributed by atoms with Gasteiger partial charge in [-0.1, -0.05) is 0 Å². The van der Waals surface area contributed by atoms with Crippen LogP contribution >= 0.6 is 12.4 Å². The summed E-state index contributed by atoms with van der Waals surface area (Å²) in [6.45, 7) is 2.70. The lowest BCUT2D eigenvalue weighted by Crippen LogP contribution is -2.49. The number of fused-ring (bicyclic) bond motifs is 2. The number of ether oxygens (including phenoxy) is 1. The molecule has 9 heteroatoms. The summed E-state index contributed by atoms with van der Waals surface area (Å²) in [5.74, 6) is 0.787. The molecule has 0 spiro atoms. The summed E-state index contributed by atoms with van der Waals surface area (Å²) in [7, 11) is 0. The Balaban J connectivity index is 0.00000261. The van der Waals surface area contributed by atoms with Crippen LogP contribution in [-0.2, 0) is 9.53 Å². The molecule has 1 amide bonds. The van der Waals surface area contributed by atoms with Crippen molar-refractivity contribution < 1.29 is 22.7 Å². The number of halogens is 4. The standard InChI is InChI=1S/C18H30F3N3O2.ClH/c19-18(20,21)13-26-9-1-4-23-5-7-24(8-6-23)17(25)12-14-10-15-2-3-16(11-14)22-15;/h14-16,22H,1-13H2;1H. The van der Waals surface area contributed by atoms with Gasteiger partial charge < -0.3 is 15.0 Å². The molecule has 2 atom stereocenters. The molecule has 3 rings (SSSR count). The van der Waals surface area contributed by atoms with Gasteiger partial charge in [0.25, 0.3) is 0 Å². The van der Waals surface area contributed by atoms with Crippen molar-refractivity contribution in [1.82, 2.24) is 15.1 Å². The highest BCUT2D eigenvalue weighted by Crippen LogP contribution is 2.33. The van der Waals surface area contributed by atoms with Gasteiger partial charge in [0.1, 0.15) is 6.61 Å². The van der Waals surface area contributed by atoms with Gasteiger partial charge in [-0.15, -0.1) is 12.4 Å². The van der Waals surface area contributed by atoms with Crippen molar-refractivity contribution in [3.8, 4) is 0 Å². The summed E-state index contributed by atoms with van der Waals surface area (Å²) >= 11 is 0. The number of alkyl halides is 3. The molecule has 0 aliphatic carbocycles. The molecule has 3 heterocycles. The smallest absolute Gasteiger partial charge is 0.372 e. The number of nitrogens with one attached hydrogen (secondary N) is 1. The third kappa shape index (κ3) is 7.40. The Morgan fingerprint density at radius 3 is 2.30 bits per heavy atom. The lowest BCUT2D eigenvalue weighted by Gasteiger charge is -2.36. The molecule has 2 bridgehead atoms. The van der Waals surface area contributed by atoms with Crippen LogP contribution in [-0.4, -0.2) is 79.9 Å². The molecule has 2 unspecified atom stereocenters. The Kier molecular flexibility index (Phi) is 8.65. The van der Waals surface area contributed by atoms with E-state index in [-0.39, 0.29) is 24.9 Å². The van der Waals surface area contributed by atoms with Gasteiger partial charge in [0.15, 0.2) is 0 Å². The number of carbonyl (C=O) groups is 1. The Labute approximate surface area is 165 Å². The van der Waals surface area contributed by atoms with Crippen molar-refractivity contribution in [2.45, 2.75) is 56.8 Å². The molecular weight excluding hydrogens is 383 g/mol. The molecule has 0 aromatic carbocycles. The van der Waals surface area contributed by atoms with E-state index in [2.05, 4.69) is 15.0 Å². The molecule has 0 aromatic heterocycles. The molecule has 27 heavy (non-hydrogen) atoms. The van der Waals surface area contributed by atoms with Crippen LogP contribution in [0.25, 0.3) is 0 Å². The number of rotatable bonds is 7. The van der Waals surface area contributed by atoms with E-state index in [9.17, 15) is 18.0 Å². The van der Waals surface area contributed by atoms with E-state index in [0.29, 0.717) is 30.8 Å². The molecule has 0 radical (unpaired) electrons. The minimum atomic E-state index is -4.25. The normalized spacial score (nSPS) is 28.9. The van der Waals surface area contributed by atoms with Gasteiger partial charge in [0.2, 0.25) is 5.91 Å². The van der Waals surface area contributed by atoms with Gasteiger partial charge in [-0.2, -0.15) is 13.2 Å². The number of piperazine rings is 1. The Morgan fingerprint density at radius 2 is 1.70 bits per heavy atom. The highest BCUT2D eigenvalue weighted by Gasteiger charge is 2.35. The largest absolute Gasteiger partial charge is 0.411 e. The van der Waals surface area contributed by atoms with Crippen LogP contribution < -0.4 is 5.32 Å². The Hall–Kier alpha value is -0.570. The van der Waals surface area contributed by atoms with Crippen LogP contribution in [0.1, 0.15) is 38.5 Å². The highest BCUT2D eigenvalue weighted by atomic mass is 35.5. The van der Waals surface area contributed by atoms with Crippen molar-refractivity contribution in [3.63, 3.8) is 0 Å². The number of hydrogen-bond donors (Lipinski definition) is 1. The van der Waals surface area contributed by atoms with E-state index in [1.165, 1.54) is 12.8 Å². The van der Waals surface area contributed by atoms with Gasteiger partial charge in [-0.05, 0) is 38.0 Å². The number of carbonyl (C=O) groups excluding carboxylic acids is 1. The molecule has 3 aliphatic heterocycles. The van der Waals surface area contributed by atoms with Crippen molar-refractivity contribution >= 4 is 18.3 Å². The third-order valence-corrected chi connectivity index (χ3v) is 5.79. The summed E-state index contributed by atoms with van der Waals surface area (Å²) in [6, 6.07) is 1.23. The van der Waals surface area contributed by atoms with Crippen LogP contribution in [0.4, 0.5) is 13.2 Å². The zero-order valence-corrected chi connectivity index (χ0v) is 16.5. The minimum Gasteiger partial charge on any atom is -0.372 e. The molecule has 158 valence electrons. The van der Waals surface area contributed by atoms with Gasteiger partial charge in [0, 0.05) is 57.8 Å². The first-order valence-corrected chi connectivity index (χ1v) is 9.80. The average molecular weight is 414 g/mol. The summed E-state index contributed by atoms with van der Waals surface area (Å²) in [5, 5.41) is 3.61. The second-order valence-corrected chi connectivity index (χ2v) is 7.92. The maximum absolute atomic E-state index is 12.6. The maximum Gasteiger partial charge on any atom is 0.411 e. The predicted molar refractivity (Wildman–Crippen MR) is 99.0 cm³/mol. The monoisotopic (exact) mass is 413 g/mol. The summed E-state index contributed by atoms with van der Waals surface area (Å²) in [5.41, 5.74) is 0. The lowest BCUT2D eigenvalue weighted by atomic mass is 9.89. The summed E-state index contributed by atoms with van der Waals surface area (Å²) in [6.07, 6.45) is 1.75. The number of amides is 1. The van der Waals surface area contributed by atoms with Crippen molar-refractivity contribution in [2.24, 2.45) is 5.92 Å². The predicted octanol–water partition coefficient (Wildman–Crippen LogP) is 2.44. The molecule has 0 aromatic rings. The van der Waals surface area contributed by atoms with Crippen LogP contribution in [0.3, 0.4) is 0 Å². The summed E-state index contributed by atoms with van der Waals surface area (Å²) in [4.78, 5) is 16.7. The maximum atomic E-state index is 12.6. The van der Waals surface area contributed by atoms with Crippen LogP contribution in [0.2, 0.25) is 0 Å². The number of nitrogens with zero attached hydrogens (tertiary/aromatic N) is 2. The first-order chi connectivity index (χ1) is 12.4. The quantitative estimate of drug-likeness (QED) is 0.651. The van der Waals surface area contributed by atoms with Crippen LogP contribution in [0.15, 0.2) is 0 Å². The Bertz CT molecular complexity index is 461. The second kappa shape index (κ2) is 10.3. The molecule has 3 aliphatic rings. The number of piperidine rings is 1. The fraction of sp³-hybridized carbons (Fsp3) is 0.944. The second-order valence-electron chi connectivity index (χ2n) is 7.92. The first kappa shape index (κ1) is 22.7. The molecule has 0 saturated carbocycles. The van der Waals surface area contributed by atoms with E-state index in [0.717, 1.165) is 45.6 Å². The number of hydrogen-bond acceptors (Lipinski definition) is 4. The first-order valence-electron chi connectivity index (χ1n) is 9.80. The molecular formula is C18H31ClF3N3O2. The van der Waals surface area contributed by atoms with E-state index >= 15 is 0 Å². The molecule has 1 N–H and O–H groups in total. The third-order valence-electron chi connectivity index (χ3n) is 5.79. The fourth-order valence-electron chi connectivity index (χ4n) is 4.52. The van der Waals surface area contributed by atoms with Crippen LogP contribution in [0.5, 0.6) is 0 Å². The topological polar surface area (TPSA) is 44.8 Å². The van der Waals surface area contributed by atoms with Gasteiger partial charge in [0.05, 0.1) is 0 Å². The lowest BCUT2D eigenvalue weighted by molar-refractivity contribution is -0.174. The summed E-state index contributed by atoms with van der Waals surface area (Å²) < 4.78 is 40.6. The zero-order valence-electron chi connectivity index (χ0n) is 15.7. The minimum absolute atomic E-state index is 0. The Morgan fingerprint density at radius 1 is 1.07 bits per heavy atom. The van der Waals surface area contributed by atoms with Gasteiger partial charge >= 0.3 is 6.18 Å². The average Bonchev–Trinajstić information content (AvgIpc) is 2.92. The van der Waals surface area contributed by atoms with Gasteiger partial charge in [-0.3, -0.25) is 9.69 Å². The van der Waals surface area contributed by atoms with E-state index in [1.807, 2.05) is 4.90 Å². The van der Waals surface area contributed by atoms with Crippen molar-refractivity contribution in [3.05, 3.63) is 0 Å². The van der Waals surface area contributed by atoms with E-state index in [4.69, 9.17) is 0 Å². The molecule has 3 saturated heterocycles. The van der Waals surface area contributed by atoms with Crippen LogP contribution in [0, 0.1) is 5.92 Å². The van der Waals surface area contributed by atoms with E-state index in [1.54, 1.807) is 0 Å². The molecule has 5 nitrogen and oxygen atoms in total. The fourth-order valence-corrected chi connectivity index (χ4v) is 4.52. The zero-order chi connectivity index (χ0) is 18.6. The van der Waals surface area contributed by atoms with Gasteiger partial charge in [-0.25, -0.2) is 0 Å². The van der Waals surface area contributed by atoms with E-state index < -0.39 is 12.8 Å². The SMILES string of the molecule is Cl.O=C(CC1CC2CCC(C1)N2)N1CCN(CCCOCC(F)(F)F)CC1. The molecule has 3 fully saturated rings.